The molecule has 3 nitrogen and oxygen atoms in total. The van der Waals surface area contributed by atoms with Crippen LogP contribution in [0.2, 0.25) is 5.02 Å². The van der Waals surface area contributed by atoms with E-state index in [-0.39, 0.29) is 5.02 Å². The van der Waals surface area contributed by atoms with Gasteiger partial charge in [-0.25, -0.2) is 4.39 Å². The molecule has 0 radical (unpaired) electrons. The lowest BCUT2D eigenvalue weighted by atomic mass is 10.3. The highest BCUT2D eigenvalue weighted by Gasteiger charge is 2.03. The van der Waals surface area contributed by atoms with Crippen LogP contribution in [-0.2, 0) is 6.61 Å². The number of hydrogen-bond acceptors (Lipinski definition) is 3. The predicted molar refractivity (Wildman–Crippen MR) is 74.1 cm³/mol. The maximum absolute atomic E-state index is 13.0. The molecule has 0 unspecified atom stereocenters. The van der Waals surface area contributed by atoms with Crippen molar-refractivity contribution in [1.29, 1.82) is 0 Å². The van der Waals surface area contributed by atoms with Crippen molar-refractivity contribution < 1.29 is 9.13 Å². The summed E-state index contributed by atoms with van der Waals surface area (Å²) in [6.45, 7) is 3.18. The Bertz CT molecular complexity index is 563. The molecular formula is C14H14ClFN2O. The number of benzene rings is 1. The molecule has 0 bridgehead atoms. The van der Waals surface area contributed by atoms with Gasteiger partial charge >= 0.3 is 0 Å². The second-order valence-electron chi connectivity index (χ2n) is 3.93. The van der Waals surface area contributed by atoms with Crippen LogP contribution in [-0.4, -0.2) is 11.5 Å². The zero-order chi connectivity index (χ0) is 13.7. The molecule has 2 rings (SSSR count). The molecule has 1 heterocycles. The van der Waals surface area contributed by atoms with E-state index in [2.05, 4.69) is 10.3 Å². The normalized spacial score (nSPS) is 10.3. The number of anilines is 1. The van der Waals surface area contributed by atoms with E-state index in [1.807, 2.05) is 19.1 Å². The summed E-state index contributed by atoms with van der Waals surface area (Å²) < 4.78 is 18.5. The SMILES string of the molecule is CCNc1ccnc(COc2ccc(F)c(Cl)c2)c1. The van der Waals surface area contributed by atoms with Crippen molar-refractivity contribution >= 4 is 17.3 Å². The van der Waals surface area contributed by atoms with Crippen LogP contribution in [0.25, 0.3) is 0 Å². The first-order chi connectivity index (χ1) is 9.19. The summed E-state index contributed by atoms with van der Waals surface area (Å²) in [5, 5.41) is 3.24. The van der Waals surface area contributed by atoms with Crippen LogP contribution in [0.5, 0.6) is 5.75 Å². The van der Waals surface area contributed by atoms with Crippen LogP contribution in [0.1, 0.15) is 12.6 Å². The third kappa shape index (κ3) is 3.83. The van der Waals surface area contributed by atoms with Gasteiger partial charge in [0.05, 0.1) is 10.7 Å². The Balaban J connectivity index is 2.01. The minimum absolute atomic E-state index is 0.0480. The minimum atomic E-state index is -0.457. The van der Waals surface area contributed by atoms with E-state index >= 15 is 0 Å². The number of nitrogens with one attached hydrogen (secondary N) is 1. The summed E-state index contributed by atoms with van der Waals surface area (Å²) in [6.07, 6.45) is 1.72. The third-order valence-corrected chi connectivity index (χ3v) is 2.76. The number of nitrogens with zero attached hydrogens (tertiary/aromatic N) is 1. The van der Waals surface area contributed by atoms with E-state index in [1.165, 1.54) is 18.2 Å². The molecule has 100 valence electrons. The van der Waals surface area contributed by atoms with Crippen LogP contribution in [0, 0.1) is 5.82 Å². The van der Waals surface area contributed by atoms with Crippen molar-refractivity contribution in [2.24, 2.45) is 0 Å². The van der Waals surface area contributed by atoms with Crippen LogP contribution in [0.15, 0.2) is 36.5 Å². The summed E-state index contributed by atoms with van der Waals surface area (Å²) in [7, 11) is 0. The lowest BCUT2D eigenvalue weighted by molar-refractivity contribution is 0.301. The van der Waals surface area contributed by atoms with Crippen LogP contribution in [0.4, 0.5) is 10.1 Å². The average Bonchev–Trinajstić information content (AvgIpc) is 2.41. The fourth-order valence-electron chi connectivity index (χ4n) is 1.60. The maximum atomic E-state index is 13.0. The van der Waals surface area contributed by atoms with Gasteiger partial charge in [0, 0.05) is 24.5 Å². The van der Waals surface area contributed by atoms with E-state index in [0.717, 1.165) is 17.9 Å². The second-order valence-corrected chi connectivity index (χ2v) is 4.34. The topological polar surface area (TPSA) is 34.2 Å². The fourth-order valence-corrected chi connectivity index (χ4v) is 1.77. The van der Waals surface area contributed by atoms with E-state index in [1.54, 1.807) is 6.20 Å². The van der Waals surface area contributed by atoms with Crippen molar-refractivity contribution in [2.75, 3.05) is 11.9 Å². The largest absolute Gasteiger partial charge is 0.487 e. The van der Waals surface area contributed by atoms with E-state index < -0.39 is 5.82 Å². The molecule has 5 heteroatoms. The minimum Gasteiger partial charge on any atom is -0.487 e. The maximum Gasteiger partial charge on any atom is 0.142 e. The molecule has 0 spiro atoms. The van der Waals surface area contributed by atoms with E-state index in [0.29, 0.717) is 12.4 Å². The summed E-state index contributed by atoms with van der Waals surface area (Å²) >= 11 is 5.68. The number of pyridine rings is 1. The zero-order valence-corrected chi connectivity index (χ0v) is 11.2. The Labute approximate surface area is 116 Å². The standard InChI is InChI=1S/C14H14ClFN2O/c1-2-17-10-5-6-18-11(7-10)9-19-12-3-4-14(16)13(15)8-12/h3-8H,2,9H2,1H3,(H,17,18). The van der Waals surface area contributed by atoms with Crippen molar-refractivity contribution in [3.8, 4) is 5.75 Å². The second kappa shape index (κ2) is 6.38. The summed E-state index contributed by atoms with van der Waals surface area (Å²) in [6, 6.07) is 8.07. The molecule has 0 atom stereocenters. The van der Waals surface area contributed by atoms with Gasteiger partial charge in [-0.1, -0.05) is 11.6 Å². The van der Waals surface area contributed by atoms with Gasteiger partial charge in [0.15, 0.2) is 0 Å². The van der Waals surface area contributed by atoms with Gasteiger partial charge in [-0.05, 0) is 31.2 Å². The quantitative estimate of drug-likeness (QED) is 0.902. The number of rotatable bonds is 5. The van der Waals surface area contributed by atoms with Crippen LogP contribution >= 0.6 is 11.6 Å². The zero-order valence-electron chi connectivity index (χ0n) is 10.5. The first kappa shape index (κ1) is 13.6. The van der Waals surface area contributed by atoms with Crippen LogP contribution in [0.3, 0.4) is 0 Å². The van der Waals surface area contributed by atoms with E-state index in [9.17, 15) is 4.39 Å². The molecule has 0 amide bonds. The van der Waals surface area contributed by atoms with E-state index in [4.69, 9.17) is 16.3 Å². The Morgan fingerprint density at radius 2 is 2.16 bits per heavy atom. The molecule has 19 heavy (non-hydrogen) atoms. The molecule has 1 aromatic carbocycles. The first-order valence-corrected chi connectivity index (χ1v) is 6.33. The molecule has 0 saturated carbocycles. The van der Waals surface area contributed by atoms with Crippen molar-refractivity contribution in [3.05, 3.63) is 53.1 Å². The molecule has 0 fully saturated rings. The van der Waals surface area contributed by atoms with Gasteiger partial charge in [-0.3, -0.25) is 4.98 Å². The van der Waals surface area contributed by atoms with Crippen molar-refractivity contribution in [2.45, 2.75) is 13.5 Å². The van der Waals surface area contributed by atoms with Crippen LogP contribution < -0.4 is 10.1 Å². The number of ether oxygens (including phenoxy) is 1. The highest BCUT2D eigenvalue weighted by Crippen LogP contribution is 2.22. The first-order valence-electron chi connectivity index (χ1n) is 5.95. The lowest BCUT2D eigenvalue weighted by Gasteiger charge is -2.08. The Morgan fingerprint density at radius 1 is 1.32 bits per heavy atom. The smallest absolute Gasteiger partial charge is 0.142 e. The lowest BCUT2D eigenvalue weighted by Crippen LogP contribution is -2.01. The molecule has 0 aliphatic carbocycles. The molecule has 2 aromatic rings. The van der Waals surface area contributed by atoms with Gasteiger partial charge in [-0.15, -0.1) is 0 Å². The Kier molecular flexibility index (Phi) is 4.58. The molecule has 1 N–H and O–H groups in total. The average molecular weight is 281 g/mol. The molecule has 1 aromatic heterocycles. The number of hydrogen-bond donors (Lipinski definition) is 1. The molecule has 0 saturated heterocycles. The highest BCUT2D eigenvalue weighted by molar-refractivity contribution is 6.30. The van der Waals surface area contributed by atoms with Gasteiger partial charge < -0.3 is 10.1 Å². The molecular weight excluding hydrogens is 267 g/mol. The van der Waals surface area contributed by atoms with Gasteiger partial charge in [-0.2, -0.15) is 0 Å². The summed E-state index contributed by atoms with van der Waals surface area (Å²) in [4.78, 5) is 4.20. The highest BCUT2D eigenvalue weighted by atomic mass is 35.5. The van der Waals surface area contributed by atoms with Crippen molar-refractivity contribution in [3.63, 3.8) is 0 Å². The third-order valence-electron chi connectivity index (χ3n) is 2.48. The predicted octanol–water partition coefficient (Wildman–Crippen LogP) is 3.88. The van der Waals surface area contributed by atoms with Gasteiger partial charge in [0.2, 0.25) is 0 Å². The Morgan fingerprint density at radius 3 is 2.89 bits per heavy atom. The summed E-state index contributed by atoms with van der Waals surface area (Å²) in [5.41, 5.74) is 1.78. The van der Waals surface area contributed by atoms with Crippen molar-refractivity contribution in [1.82, 2.24) is 4.98 Å². The fraction of sp³-hybridized carbons (Fsp3) is 0.214. The molecule has 0 aliphatic rings. The number of halogens is 2. The van der Waals surface area contributed by atoms with Gasteiger partial charge in [0.1, 0.15) is 18.2 Å². The Hall–Kier alpha value is -1.81. The van der Waals surface area contributed by atoms with Gasteiger partial charge in [0.25, 0.3) is 0 Å². The summed E-state index contributed by atoms with van der Waals surface area (Å²) in [5.74, 6) is 0.0586. The molecule has 0 aliphatic heterocycles. The monoisotopic (exact) mass is 280 g/mol. The number of aromatic nitrogens is 1.